The van der Waals surface area contributed by atoms with Gasteiger partial charge in [-0.15, -0.1) is 0 Å². The lowest BCUT2D eigenvalue weighted by Gasteiger charge is -2.14. The minimum atomic E-state index is -0.0399. The Morgan fingerprint density at radius 1 is 1.09 bits per heavy atom. The number of nitrogens with one attached hydrogen (secondary N) is 1. The average Bonchev–Trinajstić information content (AvgIpc) is 2.81. The SMILES string of the molecule is O=C(C=Cc1cnc2ccccc2n1)NC1CCCCCC1. The van der Waals surface area contributed by atoms with Gasteiger partial charge in [-0.2, -0.15) is 0 Å². The van der Waals surface area contributed by atoms with E-state index in [1.54, 1.807) is 18.3 Å². The number of amides is 1. The Morgan fingerprint density at radius 3 is 2.59 bits per heavy atom. The number of rotatable bonds is 3. The third kappa shape index (κ3) is 3.91. The summed E-state index contributed by atoms with van der Waals surface area (Å²) in [6.07, 6.45) is 12.2. The molecule has 1 amide bonds. The number of benzene rings is 1. The fraction of sp³-hybridized carbons (Fsp3) is 0.389. The third-order valence-electron chi connectivity index (χ3n) is 4.07. The monoisotopic (exact) mass is 295 g/mol. The van der Waals surface area contributed by atoms with Crippen LogP contribution < -0.4 is 5.32 Å². The molecule has 1 heterocycles. The summed E-state index contributed by atoms with van der Waals surface area (Å²) in [7, 11) is 0. The first-order chi connectivity index (χ1) is 10.8. The van der Waals surface area contributed by atoms with Crippen LogP contribution >= 0.6 is 0 Å². The molecule has 1 N–H and O–H groups in total. The van der Waals surface area contributed by atoms with Crippen molar-refractivity contribution in [3.63, 3.8) is 0 Å². The summed E-state index contributed by atoms with van der Waals surface area (Å²) in [6.45, 7) is 0. The van der Waals surface area contributed by atoms with Crippen LogP contribution in [0, 0.1) is 0 Å². The number of hydrogen-bond acceptors (Lipinski definition) is 3. The van der Waals surface area contributed by atoms with Gasteiger partial charge in [-0.3, -0.25) is 9.78 Å². The second-order valence-corrected chi connectivity index (χ2v) is 5.81. The van der Waals surface area contributed by atoms with Crippen molar-refractivity contribution in [2.75, 3.05) is 0 Å². The van der Waals surface area contributed by atoms with Gasteiger partial charge in [0, 0.05) is 12.1 Å². The van der Waals surface area contributed by atoms with Crippen LogP contribution in [0.2, 0.25) is 0 Å². The van der Waals surface area contributed by atoms with Gasteiger partial charge in [-0.1, -0.05) is 37.8 Å². The highest BCUT2D eigenvalue weighted by molar-refractivity contribution is 5.91. The number of para-hydroxylation sites is 2. The summed E-state index contributed by atoms with van der Waals surface area (Å²) >= 11 is 0. The van der Waals surface area contributed by atoms with Crippen molar-refractivity contribution in [3.8, 4) is 0 Å². The van der Waals surface area contributed by atoms with Crippen LogP contribution in [0.15, 0.2) is 36.5 Å². The highest BCUT2D eigenvalue weighted by atomic mass is 16.1. The van der Waals surface area contributed by atoms with E-state index in [4.69, 9.17) is 0 Å². The molecule has 1 aromatic heterocycles. The summed E-state index contributed by atoms with van der Waals surface area (Å²) in [5.41, 5.74) is 2.41. The predicted octanol–water partition coefficient (Wildman–Crippen LogP) is 3.48. The van der Waals surface area contributed by atoms with Gasteiger partial charge in [0.1, 0.15) is 0 Å². The van der Waals surface area contributed by atoms with Crippen LogP contribution in [0.3, 0.4) is 0 Å². The van der Waals surface area contributed by atoms with Crippen molar-refractivity contribution in [2.24, 2.45) is 0 Å². The Labute approximate surface area is 130 Å². The first-order valence-corrected chi connectivity index (χ1v) is 8.02. The Hall–Kier alpha value is -2.23. The van der Waals surface area contributed by atoms with E-state index in [0.29, 0.717) is 11.7 Å². The molecule has 1 fully saturated rings. The van der Waals surface area contributed by atoms with Gasteiger partial charge in [0.15, 0.2) is 0 Å². The number of carbonyl (C=O) groups is 1. The van der Waals surface area contributed by atoms with E-state index in [0.717, 1.165) is 23.9 Å². The molecule has 114 valence electrons. The van der Waals surface area contributed by atoms with E-state index in [1.807, 2.05) is 24.3 Å². The van der Waals surface area contributed by atoms with Gasteiger partial charge < -0.3 is 5.32 Å². The molecule has 3 rings (SSSR count). The molecule has 1 saturated carbocycles. The zero-order chi connectivity index (χ0) is 15.2. The fourth-order valence-corrected chi connectivity index (χ4v) is 2.89. The Morgan fingerprint density at radius 2 is 1.82 bits per heavy atom. The van der Waals surface area contributed by atoms with Crippen LogP contribution in [0.1, 0.15) is 44.2 Å². The molecule has 1 aliphatic rings. The van der Waals surface area contributed by atoms with Crippen molar-refractivity contribution in [1.82, 2.24) is 15.3 Å². The van der Waals surface area contributed by atoms with Gasteiger partial charge in [0.2, 0.25) is 5.91 Å². The van der Waals surface area contributed by atoms with E-state index in [9.17, 15) is 4.79 Å². The molecule has 4 nitrogen and oxygen atoms in total. The summed E-state index contributed by atoms with van der Waals surface area (Å²) in [6, 6.07) is 8.04. The van der Waals surface area contributed by atoms with Gasteiger partial charge in [-0.25, -0.2) is 4.98 Å². The second-order valence-electron chi connectivity index (χ2n) is 5.81. The van der Waals surface area contributed by atoms with Crippen LogP contribution in [-0.4, -0.2) is 21.9 Å². The molecule has 2 aromatic rings. The van der Waals surface area contributed by atoms with Crippen molar-refractivity contribution in [1.29, 1.82) is 0 Å². The predicted molar refractivity (Wildman–Crippen MR) is 88.2 cm³/mol. The number of nitrogens with zero attached hydrogens (tertiary/aromatic N) is 2. The topological polar surface area (TPSA) is 54.9 Å². The normalized spacial score (nSPS) is 16.7. The van der Waals surface area contributed by atoms with E-state index >= 15 is 0 Å². The Balaban J connectivity index is 1.62. The van der Waals surface area contributed by atoms with E-state index in [1.165, 1.54) is 25.7 Å². The lowest BCUT2D eigenvalue weighted by Crippen LogP contribution is -2.33. The third-order valence-corrected chi connectivity index (χ3v) is 4.07. The van der Waals surface area contributed by atoms with Crippen LogP contribution in [0.25, 0.3) is 17.1 Å². The average molecular weight is 295 g/mol. The van der Waals surface area contributed by atoms with E-state index in [2.05, 4.69) is 15.3 Å². The van der Waals surface area contributed by atoms with Crippen LogP contribution in [0.4, 0.5) is 0 Å². The highest BCUT2D eigenvalue weighted by Gasteiger charge is 2.13. The molecule has 1 aromatic carbocycles. The molecule has 0 saturated heterocycles. The molecule has 0 unspecified atom stereocenters. The summed E-state index contributed by atoms with van der Waals surface area (Å²) < 4.78 is 0. The first-order valence-electron chi connectivity index (χ1n) is 8.02. The van der Waals surface area contributed by atoms with E-state index < -0.39 is 0 Å². The zero-order valence-corrected chi connectivity index (χ0v) is 12.7. The maximum atomic E-state index is 12.0. The van der Waals surface area contributed by atoms with Gasteiger partial charge >= 0.3 is 0 Å². The Bertz CT molecular complexity index is 673. The minimum Gasteiger partial charge on any atom is -0.350 e. The van der Waals surface area contributed by atoms with Crippen LogP contribution in [-0.2, 0) is 4.79 Å². The minimum absolute atomic E-state index is 0.0399. The molecular formula is C18H21N3O. The smallest absolute Gasteiger partial charge is 0.244 e. The summed E-state index contributed by atoms with van der Waals surface area (Å²) in [5, 5.41) is 3.09. The number of fused-ring (bicyclic) bond motifs is 1. The molecule has 22 heavy (non-hydrogen) atoms. The molecule has 0 aliphatic heterocycles. The highest BCUT2D eigenvalue weighted by Crippen LogP contribution is 2.17. The van der Waals surface area contributed by atoms with Crippen molar-refractivity contribution < 1.29 is 4.79 Å². The molecule has 0 radical (unpaired) electrons. The van der Waals surface area contributed by atoms with Gasteiger partial charge in [0.25, 0.3) is 0 Å². The van der Waals surface area contributed by atoms with Crippen molar-refractivity contribution in [2.45, 2.75) is 44.6 Å². The maximum Gasteiger partial charge on any atom is 0.244 e. The molecule has 4 heteroatoms. The quantitative estimate of drug-likeness (QED) is 0.696. The maximum absolute atomic E-state index is 12.0. The Kier molecular flexibility index (Phi) is 4.78. The zero-order valence-electron chi connectivity index (χ0n) is 12.7. The largest absolute Gasteiger partial charge is 0.350 e. The molecular weight excluding hydrogens is 274 g/mol. The number of aromatic nitrogens is 2. The summed E-state index contributed by atoms with van der Waals surface area (Å²) in [5.74, 6) is -0.0399. The molecule has 0 atom stereocenters. The molecule has 0 bridgehead atoms. The van der Waals surface area contributed by atoms with Crippen LogP contribution in [0.5, 0.6) is 0 Å². The van der Waals surface area contributed by atoms with Gasteiger partial charge in [-0.05, 0) is 31.1 Å². The lowest BCUT2D eigenvalue weighted by molar-refractivity contribution is -0.117. The number of carbonyl (C=O) groups excluding carboxylic acids is 1. The first kappa shape index (κ1) is 14.7. The lowest BCUT2D eigenvalue weighted by atomic mass is 10.1. The van der Waals surface area contributed by atoms with Gasteiger partial charge in [0.05, 0.1) is 22.9 Å². The number of hydrogen-bond donors (Lipinski definition) is 1. The van der Waals surface area contributed by atoms with E-state index in [-0.39, 0.29) is 5.91 Å². The molecule has 0 spiro atoms. The second kappa shape index (κ2) is 7.16. The van der Waals surface area contributed by atoms with Crippen molar-refractivity contribution >= 4 is 23.0 Å². The standard InChI is InChI=1S/C18H21N3O/c22-18(21-14-7-3-1-2-4-8-14)12-11-15-13-19-16-9-5-6-10-17(16)20-15/h5-6,9-14H,1-4,7-8H2,(H,21,22). The van der Waals surface area contributed by atoms with Crippen molar-refractivity contribution in [3.05, 3.63) is 42.2 Å². The fourth-order valence-electron chi connectivity index (χ4n) is 2.89. The summed E-state index contributed by atoms with van der Waals surface area (Å²) in [4.78, 5) is 20.8. The molecule has 1 aliphatic carbocycles.